The van der Waals surface area contributed by atoms with Crippen LogP contribution < -0.4 is 0 Å². The van der Waals surface area contributed by atoms with Crippen LogP contribution in [0.1, 0.15) is 29.5 Å². The lowest BCUT2D eigenvalue weighted by Gasteiger charge is -2.05. The molecule has 0 aromatic carbocycles. The summed E-state index contributed by atoms with van der Waals surface area (Å²) in [4.78, 5) is 14.2. The molecule has 0 saturated carbocycles. The molecule has 0 radical (unpaired) electrons. The number of carbonyl (C=O) groups is 1. The van der Waals surface area contributed by atoms with Gasteiger partial charge in [-0.1, -0.05) is 0 Å². The Labute approximate surface area is 84.3 Å². The Kier molecular flexibility index (Phi) is 2.20. The van der Waals surface area contributed by atoms with Crippen LogP contribution in [0.2, 0.25) is 0 Å². The van der Waals surface area contributed by atoms with Gasteiger partial charge in [0.25, 0.3) is 11.7 Å². The summed E-state index contributed by atoms with van der Waals surface area (Å²) in [5, 5.41) is 15.9. The highest BCUT2D eigenvalue weighted by molar-refractivity contribution is 5.82. The first-order chi connectivity index (χ1) is 7.18. The predicted octanol–water partition coefficient (Wildman–Crippen LogP) is 0.574. The minimum Gasteiger partial charge on any atom is -0.475 e. The number of nitrogens with zero attached hydrogens (tertiary/aromatic N) is 4. The Morgan fingerprint density at radius 1 is 1.67 bits per heavy atom. The third kappa shape index (κ3) is 1.71. The van der Waals surface area contributed by atoms with Crippen LogP contribution in [-0.4, -0.2) is 31.0 Å². The zero-order valence-electron chi connectivity index (χ0n) is 7.86. The van der Waals surface area contributed by atoms with Crippen molar-refractivity contribution in [2.45, 2.75) is 13.0 Å². The predicted molar refractivity (Wildman–Crippen MR) is 47.3 cm³/mol. The number of carboxylic acids is 1. The second kappa shape index (κ2) is 3.52. The van der Waals surface area contributed by atoms with Crippen molar-refractivity contribution < 1.29 is 14.4 Å². The molecule has 0 aliphatic carbocycles. The zero-order valence-corrected chi connectivity index (χ0v) is 7.86. The first-order valence-corrected chi connectivity index (χ1v) is 4.24. The van der Waals surface area contributed by atoms with Gasteiger partial charge in [0.2, 0.25) is 0 Å². The molecule has 0 aliphatic rings. The molecule has 7 nitrogen and oxygen atoms in total. The van der Waals surface area contributed by atoms with Crippen LogP contribution in [0.4, 0.5) is 0 Å². The summed E-state index contributed by atoms with van der Waals surface area (Å²) in [7, 11) is 0. The van der Waals surface area contributed by atoms with Gasteiger partial charge in [-0.15, -0.1) is 0 Å². The number of hydrogen-bond donors (Lipinski definition) is 1. The van der Waals surface area contributed by atoms with Crippen molar-refractivity contribution in [2.75, 3.05) is 0 Å². The van der Waals surface area contributed by atoms with Crippen molar-refractivity contribution in [3.63, 3.8) is 0 Å². The maximum Gasteiger partial charge on any atom is 0.377 e. The smallest absolute Gasteiger partial charge is 0.377 e. The van der Waals surface area contributed by atoms with E-state index >= 15 is 0 Å². The molecule has 78 valence electrons. The molecule has 0 spiro atoms. The Hall–Kier alpha value is -2.18. The van der Waals surface area contributed by atoms with E-state index in [1.165, 1.54) is 0 Å². The first kappa shape index (κ1) is 9.38. The molecule has 0 bridgehead atoms. The van der Waals surface area contributed by atoms with Gasteiger partial charge in [-0.05, 0) is 18.1 Å². The third-order valence-corrected chi connectivity index (χ3v) is 1.91. The highest BCUT2D eigenvalue weighted by Gasteiger charge is 2.18. The average molecular weight is 208 g/mol. The lowest BCUT2D eigenvalue weighted by Crippen LogP contribution is -2.08. The van der Waals surface area contributed by atoms with Gasteiger partial charge in [-0.25, -0.2) is 4.79 Å². The highest BCUT2D eigenvalue weighted by atomic mass is 16.5. The Bertz CT molecular complexity index is 462. The fraction of sp³-hybridized carbons (Fsp3) is 0.250. The maximum absolute atomic E-state index is 10.5. The van der Waals surface area contributed by atoms with Gasteiger partial charge in [0, 0.05) is 12.4 Å². The summed E-state index contributed by atoms with van der Waals surface area (Å²) in [5.41, 5.74) is 0. The van der Waals surface area contributed by atoms with Crippen LogP contribution in [0.25, 0.3) is 0 Å². The fourth-order valence-corrected chi connectivity index (χ4v) is 1.11. The molecule has 0 saturated heterocycles. The van der Waals surface area contributed by atoms with Gasteiger partial charge in [-0.3, -0.25) is 4.68 Å². The summed E-state index contributed by atoms with van der Waals surface area (Å²) in [6, 6.07) is 1.48. The van der Waals surface area contributed by atoms with Crippen molar-refractivity contribution in [1.82, 2.24) is 19.9 Å². The van der Waals surface area contributed by atoms with Crippen molar-refractivity contribution in [2.24, 2.45) is 0 Å². The average Bonchev–Trinajstić information content (AvgIpc) is 2.88. The zero-order chi connectivity index (χ0) is 10.8. The Morgan fingerprint density at radius 2 is 2.47 bits per heavy atom. The van der Waals surface area contributed by atoms with Gasteiger partial charge in [0.15, 0.2) is 0 Å². The van der Waals surface area contributed by atoms with Crippen molar-refractivity contribution >= 4 is 5.97 Å². The lowest BCUT2D eigenvalue weighted by atomic mass is 10.3. The van der Waals surface area contributed by atoms with Gasteiger partial charge in [0.1, 0.15) is 6.04 Å². The molecule has 0 aliphatic heterocycles. The molecule has 1 atom stereocenters. The second-order valence-corrected chi connectivity index (χ2v) is 2.92. The molecule has 0 amide bonds. The van der Waals surface area contributed by atoms with E-state index in [0.29, 0.717) is 0 Å². The Morgan fingerprint density at radius 3 is 3.00 bits per heavy atom. The maximum atomic E-state index is 10.5. The fourth-order valence-electron chi connectivity index (χ4n) is 1.11. The van der Waals surface area contributed by atoms with Crippen LogP contribution in [0.3, 0.4) is 0 Å². The molecule has 2 heterocycles. The Balaban J connectivity index is 2.26. The standard InChI is InChI=1S/C8H8N4O3/c1-5(12-4-2-3-9-12)7-10-6(8(13)14)11-15-7/h2-5H,1H3,(H,13,14). The van der Waals surface area contributed by atoms with Crippen molar-refractivity contribution in [3.05, 3.63) is 30.2 Å². The van der Waals surface area contributed by atoms with E-state index in [1.54, 1.807) is 30.1 Å². The monoisotopic (exact) mass is 208 g/mol. The summed E-state index contributed by atoms with van der Waals surface area (Å²) >= 11 is 0. The summed E-state index contributed by atoms with van der Waals surface area (Å²) < 4.78 is 6.41. The molecular formula is C8H8N4O3. The van der Waals surface area contributed by atoms with Crippen molar-refractivity contribution in [1.29, 1.82) is 0 Å². The summed E-state index contributed by atoms with van der Waals surface area (Å²) in [6.07, 6.45) is 3.35. The van der Waals surface area contributed by atoms with Crippen LogP contribution in [0, 0.1) is 0 Å². The lowest BCUT2D eigenvalue weighted by molar-refractivity contribution is 0.0680. The quantitative estimate of drug-likeness (QED) is 0.792. The van der Waals surface area contributed by atoms with Crippen LogP contribution in [-0.2, 0) is 0 Å². The number of aromatic nitrogens is 4. The van der Waals surface area contributed by atoms with E-state index in [9.17, 15) is 4.79 Å². The molecule has 7 heteroatoms. The third-order valence-electron chi connectivity index (χ3n) is 1.91. The van der Waals surface area contributed by atoms with Crippen LogP contribution >= 0.6 is 0 Å². The molecule has 15 heavy (non-hydrogen) atoms. The summed E-state index contributed by atoms with van der Waals surface area (Å²) in [6.45, 7) is 1.78. The van der Waals surface area contributed by atoms with Gasteiger partial charge >= 0.3 is 5.97 Å². The van der Waals surface area contributed by atoms with Crippen molar-refractivity contribution in [3.8, 4) is 0 Å². The molecule has 2 aromatic heterocycles. The number of rotatable bonds is 3. The largest absolute Gasteiger partial charge is 0.475 e. The topological polar surface area (TPSA) is 94.0 Å². The number of carboxylic acid groups (broad SMARTS) is 1. The van der Waals surface area contributed by atoms with Crippen LogP contribution in [0.15, 0.2) is 23.0 Å². The van der Waals surface area contributed by atoms with E-state index in [4.69, 9.17) is 9.63 Å². The number of aromatic carboxylic acids is 1. The molecule has 2 aromatic rings. The minimum atomic E-state index is -1.21. The first-order valence-electron chi connectivity index (χ1n) is 4.24. The van der Waals surface area contributed by atoms with E-state index in [-0.39, 0.29) is 17.8 Å². The van der Waals surface area contributed by atoms with Gasteiger partial charge < -0.3 is 9.63 Å². The number of hydrogen-bond acceptors (Lipinski definition) is 5. The molecule has 1 unspecified atom stereocenters. The van der Waals surface area contributed by atoms with Gasteiger partial charge in [0.05, 0.1) is 0 Å². The molecule has 0 fully saturated rings. The SMILES string of the molecule is CC(c1nc(C(=O)O)no1)n1cccn1. The summed E-state index contributed by atoms with van der Waals surface area (Å²) in [5.74, 6) is -1.34. The van der Waals surface area contributed by atoms with Crippen LogP contribution in [0.5, 0.6) is 0 Å². The van der Waals surface area contributed by atoms with E-state index in [2.05, 4.69) is 15.2 Å². The van der Waals surface area contributed by atoms with E-state index in [1.807, 2.05) is 0 Å². The normalized spacial score (nSPS) is 12.6. The van der Waals surface area contributed by atoms with E-state index < -0.39 is 5.97 Å². The van der Waals surface area contributed by atoms with Gasteiger partial charge in [-0.2, -0.15) is 10.1 Å². The molecular weight excluding hydrogens is 200 g/mol. The second-order valence-electron chi connectivity index (χ2n) is 2.92. The molecule has 2 rings (SSSR count). The minimum absolute atomic E-state index is 0.219. The molecule has 1 N–H and O–H groups in total. The van der Waals surface area contributed by atoms with E-state index in [0.717, 1.165) is 0 Å². The highest BCUT2D eigenvalue weighted by Crippen LogP contribution is 2.13.